The van der Waals surface area contributed by atoms with Gasteiger partial charge in [-0.3, -0.25) is 4.79 Å². The van der Waals surface area contributed by atoms with E-state index in [1.165, 1.54) is 18.2 Å². The molecule has 1 saturated heterocycles. The molecule has 0 N–H and O–H groups in total. The Morgan fingerprint density at radius 1 is 1.53 bits per heavy atom. The van der Waals surface area contributed by atoms with Gasteiger partial charge >= 0.3 is 0 Å². The molecule has 1 heterocycles. The molecular weight excluding hydrogens is 271 g/mol. The third-order valence-corrected chi connectivity index (χ3v) is 3.23. The summed E-state index contributed by atoms with van der Waals surface area (Å²) in [6, 6.07) is 4.02. The van der Waals surface area contributed by atoms with Gasteiger partial charge in [-0.15, -0.1) is 11.6 Å². The van der Waals surface area contributed by atoms with Gasteiger partial charge in [-0.25, -0.2) is 4.39 Å². The lowest BCUT2D eigenvalue weighted by Crippen LogP contribution is -2.17. The fourth-order valence-corrected chi connectivity index (χ4v) is 2.10. The molecule has 1 aliphatic heterocycles. The molecule has 0 aliphatic carbocycles. The molecule has 0 bridgehead atoms. The Bertz CT molecular complexity index is 444. The van der Waals surface area contributed by atoms with Crippen LogP contribution in [-0.2, 0) is 4.74 Å². The summed E-state index contributed by atoms with van der Waals surface area (Å²) in [5.74, 6) is 0.253. The summed E-state index contributed by atoms with van der Waals surface area (Å²) in [4.78, 5) is 12.0. The number of rotatable bonds is 6. The molecule has 104 valence electrons. The summed E-state index contributed by atoms with van der Waals surface area (Å²) in [5.41, 5.74) is 0.289. The zero-order valence-electron chi connectivity index (χ0n) is 10.5. The number of hydrogen-bond acceptors (Lipinski definition) is 3. The first-order valence-corrected chi connectivity index (χ1v) is 6.87. The van der Waals surface area contributed by atoms with Crippen molar-refractivity contribution >= 4 is 17.4 Å². The summed E-state index contributed by atoms with van der Waals surface area (Å²) >= 11 is 5.57. The number of hydrogen-bond donors (Lipinski definition) is 0. The zero-order chi connectivity index (χ0) is 13.7. The van der Waals surface area contributed by atoms with Crippen LogP contribution >= 0.6 is 11.6 Å². The average molecular weight is 287 g/mol. The highest BCUT2D eigenvalue weighted by Gasteiger charge is 2.21. The smallest absolute Gasteiger partial charge is 0.166 e. The number of halogens is 2. The minimum atomic E-state index is -0.441. The maximum atomic E-state index is 13.3. The Hall–Kier alpha value is -1.13. The lowest BCUT2D eigenvalue weighted by Gasteiger charge is -2.15. The van der Waals surface area contributed by atoms with E-state index in [1.807, 2.05) is 0 Å². The molecule has 0 amide bonds. The van der Waals surface area contributed by atoms with E-state index in [0.29, 0.717) is 37.7 Å². The largest absolute Gasteiger partial charge is 0.487 e. The van der Waals surface area contributed by atoms with Crippen molar-refractivity contribution in [3.63, 3.8) is 0 Å². The number of ketones is 1. The van der Waals surface area contributed by atoms with Crippen LogP contribution in [0.1, 0.15) is 29.6 Å². The molecule has 1 fully saturated rings. The third kappa shape index (κ3) is 3.91. The van der Waals surface area contributed by atoms with Crippen LogP contribution in [0.2, 0.25) is 0 Å². The Morgan fingerprint density at radius 2 is 2.37 bits per heavy atom. The zero-order valence-corrected chi connectivity index (χ0v) is 11.3. The fraction of sp³-hybridized carbons (Fsp3) is 0.500. The Kier molecular flexibility index (Phi) is 5.16. The quantitative estimate of drug-likeness (QED) is 0.595. The summed E-state index contributed by atoms with van der Waals surface area (Å²) < 4.78 is 24.2. The molecular formula is C14H16ClFO3. The molecule has 1 aliphatic rings. The van der Waals surface area contributed by atoms with Gasteiger partial charge in [-0.2, -0.15) is 0 Å². The normalized spacial score (nSPS) is 18.5. The van der Waals surface area contributed by atoms with Gasteiger partial charge in [0.1, 0.15) is 17.7 Å². The topological polar surface area (TPSA) is 35.5 Å². The molecule has 0 spiro atoms. The van der Waals surface area contributed by atoms with Crippen molar-refractivity contribution in [2.45, 2.75) is 25.4 Å². The highest BCUT2D eigenvalue weighted by atomic mass is 35.5. The van der Waals surface area contributed by atoms with Gasteiger partial charge in [0, 0.05) is 18.7 Å². The van der Waals surface area contributed by atoms with Gasteiger partial charge in [0.05, 0.1) is 18.8 Å². The van der Waals surface area contributed by atoms with E-state index in [4.69, 9.17) is 21.1 Å². The average Bonchev–Trinajstić information content (AvgIpc) is 2.91. The standard InChI is InChI=1S/C14H16ClFO3/c15-6-1-2-13(17)12-8-10(16)3-4-14(12)19-11-5-7-18-9-11/h3-4,8,11H,1-2,5-7,9H2/t11-/m0/s1. The van der Waals surface area contributed by atoms with Crippen molar-refractivity contribution in [1.82, 2.24) is 0 Å². The molecule has 0 radical (unpaired) electrons. The SMILES string of the molecule is O=C(CCCCl)c1cc(F)ccc1O[C@H]1CCOC1. The van der Waals surface area contributed by atoms with E-state index in [1.54, 1.807) is 0 Å². The Balaban J connectivity index is 2.14. The van der Waals surface area contributed by atoms with Gasteiger partial charge in [0.15, 0.2) is 5.78 Å². The molecule has 0 aromatic heterocycles. The van der Waals surface area contributed by atoms with Crippen molar-refractivity contribution in [1.29, 1.82) is 0 Å². The molecule has 0 unspecified atom stereocenters. The summed E-state index contributed by atoms with van der Waals surface area (Å²) in [7, 11) is 0. The first-order valence-electron chi connectivity index (χ1n) is 6.34. The molecule has 5 heteroatoms. The monoisotopic (exact) mass is 286 g/mol. The van der Waals surface area contributed by atoms with Crippen LogP contribution in [0.3, 0.4) is 0 Å². The van der Waals surface area contributed by atoms with E-state index in [2.05, 4.69) is 0 Å². The first kappa shape index (κ1) is 14.3. The van der Waals surface area contributed by atoms with Crippen LogP contribution in [-0.4, -0.2) is 31.0 Å². The molecule has 1 atom stereocenters. The number of alkyl halides is 1. The summed E-state index contributed by atoms with van der Waals surface area (Å²) in [5, 5.41) is 0. The van der Waals surface area contributed by atoms with Crippen molar-refractivity contribution in [2.75, 3.05) is 19.1 Å². The number of benzene rings is 1. The first-order chi connectivity index (χ1) is 9.20. The van der Waals surface area contributed by atoms with Gasteiger partial charge < -0.3 is 9.47 Å². The fourth-order valence-electron chi connectivity index (χ4n) is 1.97. The third-order valence-electron chi connectivity index (χ3n) is 2.96. The van der Waals surface area contributed by atoms with Gasteiger partial charge in [0.25, 0.3) is 0 Å². The molecule has 3 nitrogen and oxygen atoms in total. The van der Waals surface area contributed by atoms with Crippen molar-refractivity contribution in [2.24, 2.45) is 0 Å². The van der Waals surface area contributed by atoms with E-state index >= 15 is 0 Å². The molecule has 2 rings (SSSR count). The number of Topliss-reactive ketones (excluding diaryl/α,β-unsaturated/α-hetero) is 1. The number of carbonyl (C=O) groups excluding carboxylic acids is 1. The second-order valence-corrected chi connectivity index (χ2v) is 4.84. The number of ether oxygens (including phenoxy) is 2. The Morgan fingerprint density at radius 3 is 3.05 bits per heavy atom. The van der Waals surface area contributed by atoms with Crippen LogP contribution in [0.5, 0.6) is 5.75 Å². The summed E-state index contributed by atoms with van der Waals surface area (Å²) in [6.07, 6.45) is 1.59. The van der Waals surface area contributed by atoms with Crippen molar-refractivity contribution in [3.8, 4) is 5.75 Å². The maximum Gasteiger partial charge on any atom is 0.166 e. The highest BCUT2D eigenvalue weighted by molar-refractivity contribution is 6.18. The molecule has 1 aromatic carbocycles. The Labute approximate surface area is 116 Å². The van der Waals surface area contributed by atoms with E-state index in [0.717, 1.165) is 6.42 Å². The van der Waals surface area contributed by atoms with Crippen molar-refractivity contribution < 1.29 is 18.7 Å². The number of carbonyl (C=O) groups is 1. The lowest BCUT2D eigenvalue weighted by molar-refractivity contribution is 0.0970. The van der Waals surface area contributed by atoms with Gasteiger partial charge in [-0.1, -0.05) is 0 Å². The molecule has 19 heavy (non-hydrogen) atoms. The summed E-state index contributed by atoms with van der Waals surface area (Å²) in [6.45, 7) is 1.16. The van der Waals surface area contributed by atoms with E-state index < -0.39 is 5.82 Å². The van der Waals surface area contributed by atoms with Crippen LogP contribution in [0.25, 0.3) is 0 Å². The second kappa shape index (κ2) is 6.87. The van der Waals surface area contributed by atoms with Crippen LogP contribution in [0.4, 0.5) is 4.39 Å². The van der Waals surface area contributed by atoms with Crippen LogP contribution < -0.4 is 4.74 Å². The van der Waals surface area contributed by atoms with E-state index in [9.17, 15) is 9.18 Å². The lowest BCUT2D eigenvalue weighted by atomic mass is 10.1. The van der Waals surface area contributed by atoms with Crippen molar-refractivity contribution in [3.05, 3.63) is 29.6 Å². The van der Waals surface area contributed by atoms with Crippen LogP contribution in [0.15, 0.2) is 18.2 Å². The van der Waals surface area contributed by atoms with Gasteiger partial charge in [-0.05, 0) is 24.6 Å². The van der Waals surface area contributed by atoms with Crippen LogP contribution in [0, 0.1) is 5.82 Å². The highest BCUT2D eigenvalue weighted by Crippen LogP contribution is 2.25. The predicted octanol–water partition coefficient (Wildman–Crippen LogP) is 3.20. The molecule has 0 saturated carbocycles. The predicted molar refractivity (Wildman–Crippen MR) is 70.5 cm³/mol. The minimum absolute atomic E-state index is 0.0648. The minimum Gasteiger partial charge on any atom is -0.487 e. The molecule has 1 aromatic rings. The van der Waals surface area contributed by atoms with E-state index in [-0.39, 0.29) is 17.5 Å². The van der Waals surface area contributed by atoms with Gasteiger partial charge in [0.2, 0.25) is 0 Å². The maximum absolute atomic E-state index is 13.3. The second-order valence-electron chi connectivity index (χ2n) is 4.46.